The summed E-state index contributed by atoms with van der Waals surface area (Å²) in [4.78, 5) is 12.8. The van der Waals surface area contributed by atoms with E-state index in [1.807, 2.05) is 30.3 Å². The number of hydrogen-bond donors (Lipinski definition) is 3. The van der Waals surface area contributed by atoms with Crippen LogP contribution in [0.15, 0.2) is 72.8 Å². The van der Waals surface area contributed by atoms with Gasteiger partial charge in [-0.2, -0.15) is 0 Å². The molecule has 29 heavy (non-hydrogen) atoms. The van der Waals surface area contributed by atoms with Gasteiger partial charge in [0.15, 0.2) is 0 Å². The lowest BCUT2D eigenvalue weighted by molar-refractivity contribution is 0.0973. The summed E-state index contributed by atoms with van der Waals surface area (Å²) >= 11 is 5.94. The molecule has 1 atom stereocenters. The highest BCUT2D eigenvalue weighted by Gasteiger charge is 2.18. The third-order valence-corrected chi connectivity index (χ3v) is 4.94. The molecular weight excluding hydrogens is 390 g/mol. The first-order valence-corrected chi connectivity index (χ1v) is 9.60. The van der Waals surface area contributed by atoms with Gasteiger partial charge < -0.3 is 20.2 Å². The Morgan fingerprint density at radius 3 is 2.34 bits per heavy atom. The summed E-state index contributed by atoms with van der Waals surface area (Å²) in [5, 5.41) is 30.0. The van der Waals surface area contributed by atoms with Crippen molar-refractivity contribution < 1.29 is 20.1 Å². The van der Waals surface area contributed by atoms with Crippen LogP contribution in [0.1, 0.15) is 17.2 Å². The van der Waals surface area contributed by atoms with Crippen LogP contribution in [0.25, 0.3) is 11.1 Å². The van der Waals surface area contributed by atoms with Gasteiger partial charge in [0.1, 0.15) is 5.75 Å². The average molecular weight is 412 g/mol. The van der Waals surface area contributed by atoms with Crippen LogP contribution in [0.3, 0.4) is 0 Å². The van der Waals surface area contributed by atoms with Crippen molar-refractivity contribution in [2.45, 2.75) is 12.5 Å². The van der Waals surface area contributed by atoms with Gasteiger partial charge in [-0.05, 0) is 52.9 Å². The molecule has 3 rings (SSSR count). The molecule has 5 nitrogen and oxygen atoms in total. The smallest absolute Gasteiger partial charge is 0.407 e. The largest absolute Gasteiger partial charge is 0.508 e. The summed E-state index contributed by atoms with van der Waals surface area (Å²) in [7, 11) is 0. The Hall–Kier alpha value is -3.02. The standard InChI is InChI=1S/C23H22ClNO4/c24-20-5-1-4-19(13-20)22(27)15-25(23(28)29)12-11-16-7-9-17(10-8-16)18-3-2-6-21(26)14-18/h1-10,13-14,22,26-27H,11-12,15H2,(H,28,29)/t22-/m1/s1. The van der Waals surface area contributed by atoms with Gasteiger partial charge in [-0.15, -0.1) is 0 Å². The molecule has 0 bridgehead atoms. The molecule has 0 aliphatic heterocycles. The predicted molar refractivity (Wildman–Crippen MR) is 113 cm³/mol. The van der Waals surface area contributed by atoms with Crippen LogP contribution in [-0.4, -0.2) is 39.4 Å². The number of aliphatic hydroxyl groups is 1. The maximum Gasteiger partial charge on any atom is 0.407 e. The maximum absolute atomic E-state index is 11.6. The lowest BCUT2D eigenvalue weighted by Crippen LogP contribution is -2.35. The Labute approximate surface area is 174 Å². The number of carbonyl (C=O) groups is 1. The quantitative estimate of drug-likeness (QED) is 0.512. The average Bonchev–Trinajstić information content (AvgIpc) is 2.71. The Balaban J connectivity index is 1.62. The molecule has 3 N–H and O–H groups in total. The summed E-state index contributed by atoms with van der Waals surface area (Å²) in [6.07, 6.45) is -1.50. The van der Waals surface area contributed by atoms with Gasteiger partial charge in [0.2, 0.25) is 0 Å². The molecule has 3 aromatic carbocycles. The van der Waals surface area contributed by atoms with Crippen molar-refractivity contribution >= 4 is 17.7 Å². The van der Waals surface area contributed by atoms with Crippen LogP contribution in [0.5, 0.6) is 5.75 Å². The van der Waals surface area contributed by atoms with Crippen LogP contribution in [0, 0.1) is 0 Å². The number of nitrogens with zero attached hydrogens (tertiary/aromatic N) is 1. The molecule has 1 amide bonds. The summed E-state index contributed by atoms with van der Waals surface area (Å²) in [5.74, 6) is 0.210. The van der Waals surface area contributed by atoms with Crippen molar-refractivity contribution in [3.63, 3.8) is 0 Å². The first kappa shape index (κ1) is 20.7. The fraction of sp³-hybridized carbons (Fsp3) is 0.174. The Morgan fingerprint density at radius 1 is 0.966 bits per heavy atom. The molecular formula is C23H22ClNO4. The second-order valence-corrected chi connectivity index (χ2v) is 7.23. The second kappa shape index (κ2) is 9.45. The molecule has 0 heterocycles. The molecule has 0 aromatic heterocycles. The molecule has 3 aromatic rings. The van der Waals surface area contributed by atoms with Crippen molar-refractivity contribution in [1.82, 2.24) is 4.90 Å². The number of aromatic hydroxyl groups is 1. The van der Waals surface area contributed by atoms with E-state index in [1.54, 1.807) is 42.5 Å². The van der Waals surface area contributed by atoms with E-state index >= 15 is 0 Å². The van der Waals surface area contributed by atoms with Gasteiger partial charge in [-0.25, -0.2) is 4.79 Å². The molecule has 150 valence electrons. The van der Waals surface area contributed by atoms with Crippen molar-refractivity contribution in [2.24, 2.45) is 0 Å². The van der Waals surface area contributed by atoms with Crippen LogP contribution >= 0.6 is 11.6 Å². The van der Waals surface area contributed by atoms with E-state index in [1.165, 1.54) is 4.90 Å². The minimum absolute atomic E-state index is 0.0307. The van der Waals surface area contributed by atoms with Crippen molar-refractivity contribution in [3.8, 4) is 16.9 Å². The Kier molecular flexibility index (Phi) is 6.75. The number of rotatable bonds is 7. The third-order valence-electron chi connectivity index (χ3n) is 4.70. The topological polar surface area (TPSA) is 81.0 Å². The molecule has 0 aliphatic rings. The second-order valence-electron chi connectivity index (χ2n) is 6.80. The SMILES string of the molecule is O=C(O)N(CCc1ccc(-c2cccc(O)c2)cc1)C[C@@H](O)c1cccc(Cl)c1. The minimum Gasteiger partial charge on any atom is -0.508 e. The number of phenolic OH excluding ortho intramolecular Hbond substituents is 1. The van der Waals surface area contributed by atoms with Crippen LogP contribution < -0.4 is 0 Å². The van der Waals surface area contributed by atoms with E-state index in [-0.39, 0.29) is 18.8 Å². The summed E-state index contributed by atoms with van der Waals surface area (Å²) in [6.45, 7) is 0.232. The predicted octanol–water partition coefficient (Wildman–Crippen LogP) is 4.97. The lowest BCUT2D eigenvalue weighted by Gasteiger charge is -2.23. The molecule has 0 saturated heterocycles. The van der Waals surface area contributed by atoms with Gasteiger partial charge in [0.05, 0.1) is 12.6 Å². The van der Waals surface area contributed by atoms with Gasteiger partial charge in [-0.1, -0.05) is 60.1 Å². The zero-order valence-electron chi connectivity index (χ0n) is 15.7. The third kappa shape index (κ3) is 5.73. The number of halogens is 1. The number of hydrogen-bond acceptors (Lipinski definition) is 3. The minimum atomic E-state index is -1.08. The van der Waals surface area contributed by atoms with E-state index in [0.29, 0.717) is 17.0 Å². The number of aliphatic hydroxyl groups excluding tert-OH is 1. The number of benzene rings is 3. The lowest BCUT2D eigenvalue weighted by atomic mass is 10.0. The highest BCUT2D eigenvalue weighted by molar-refractivity contribution is 6.30. The zero-order valence-corrected chi connectivity index (χ0v) is 16.5. The van der Waals surface area contributed by atoms with E-state index < -0.39 is 12.2 Å². The highest BCUT2D eigenvalue weighted by Crippen LogP contribution is 2.24. The first-order valence-electron chi connectivity index (χ1n) is 9.22. The van der Waals surface area contributed by atoms with E-state index in [9.17, 15) is 20.1 Å². The first-order chi connectivity index (χ1) is 13.9. The fourth-order valence-electron chi connectivity index (χ4n) is 3.11. The van der Waals surface area contributed by atoms with Crippen molar-refractivity contribution in [2.75, 3.05) is 13.1 Å². The van der Waals surface area contributed by atoms with Crippen molar-refractivity contribution in [1.29, 1.82) is 0 Å². The zero-order chi connectivity index (χ0) is 20.8. The van der Waals surface area contributed by atoms with Crippen LogP contribution in [0.4, 0.5) is 4.79 Å². The summed E-state index contributed by atoms with van der Waals surface area (Å²) in [5.41, 5.74) is 3.45. The molecule has 0 saturated carbocycles. The molecule has 0 fully saturated rings. The van der Waals surface area contributed by atoms with Crippen LogP contribution in [-0.2, 0) is 6.42 Å². The molecule has 0 unspecified atom stereocenters. The molecule has 6 heteroatoms. The number of amides is 1. The molecule has 0 radical (unpaired) electrons. The molecule has 0 aliphatic carbocycles. The Bertz CT molecular complexity index is 975. The van der Waals surface area contributed by atoms with Gasteiger partial charge in [0.25, 0.3) is 0 Å². The highest BCUT2D eigenvalue weighted by atomic mass is 35.5. The van der Waals surface area contributed by atoms with E-state index in [4.69, 9.17) is 11.6 Å². The summed E-state index contributed by atoms with van der Waals surface area (Å²) < 4.78 is 0. The normalized spacial score (nSPS) is 11.8. The summed E-state index contributed by atoms with van der Waals surface area (Å²) in [6, 6.07) is 21.5. The van der Waals surface area contributed by atoms with Gasteiger partial charge in [-0.3, -0.25) is 0 Å². The van der Waals surface area contributed by atoms with Gasteiger partial charge in [0, 0.05) is 11.6 Å². The Morgan fingerprint density at radius 2 is 1.69 bits per heavy atom. The van der Waals surface area contributed by atoms with Crippen molar-refractivity contribution in [3.05, 3.63) is 88.9 Å². The molecule has 0 spiro atoms. The van der Waals surface area contributed by atoms with Gasteiger partial charge >= 0.3 is 6.09 Å². The fourth-order valence-corrected chi connectivity index (χ4v) is 3.31. The van der Waals surface area contributed by atoms with Crippen LogP contribution in [0.2, 0.25) is 5.02 Å². The monoisotopic (exact) mass is 411 g/mol. The number of carboxylic acid groups (broad SMARTS) is 1. The van der Waals surface area contributed by atoms with E-state index in [2.05, 4.69) is 0 Å². The number of phenols is 1. The van der Waals surface area contributed by atoms with E-state index in [0.717, 1.165) is 16.7 Å². The maximum atomic E-state index is 11.6.